The third-order valence-electron chi connectivity index (χ3n) is 14.9. The van der Waals surface area contributed by atoms with Crippen molar-refractivity contribution in [1.82, 2.24) is 13.7 Å². The van der Waals surface area contributed by atoms with Crippen LogP contribution in [0.2, 0.25) is 0 Å². The lowest BCUT2D eigenvalue weighted by Crippen LogP contribution is -2.57. The van der Waals surface area contributed by atoms with E-state index in [1.807, 2.05) is 0 Å². The first-order chi connectivity index (χ1) is 33.2. The predicted molar refractivity (Wildman–Crippen MR) is 289 cm³/mol. The van der Waals surface area contributed by atoms with Gasteiger partial charge < -0.3 is 18.4 Å². The van der Waals surface area contributed by atoms with E-state index < -0.39 is 0 Å². The standard InChI is InChI=1S/C63H52BN3O/c1-38(2)41-33-50(39(3)4)63(51(34-41)40(5)6)64-53-30-27-43(66-57-24-14-9-19-47(57)48-20-10-15-25-58(48)66)36-61(53)68-62-37-44(28-31-54(62)64)67-59-26-16-11-21-49(59)52-35-42(29-32-60(52)67)65-55-22-12-7-17-45(55)46-18-8-13-23-56(46)65/h7-40H,1-6H3. The summed E-state index contributed by atoms with van der Waals surface area (Å²) < 4.78 is 14.6. The van der Waals surface area contributed by atoms with E-state index in [0.29, 0.717) is 17.8 Å². The molecule has 0 saturated heterocycles. The molecule has 12 aromatic rings. The molecular weight excluding hydrogens is 826 g/mol. The highest BCUT2D eigenvalue weighted by atomic mass is 16.5. The molecule has 0 amide bonds. The summed E-state index contributed by atoms with van der Waals surface area (Å²) in [6, 6.07) is 69.8. The van der Waals surface area contributed by atoms with Gasteiger partial charge in [0.15, 0.2) is 0 Å². The number of ether oxygens (including phenoxy) is 1. The second-order valence-corrected chi connectivity index (χ2v) is 19.8. The quantitative estimate of drug-likeness (QED) is 0.146. The molecule has 0 N–H and O–H groups in total. The van der Waals surface area contributed by atoms with Gasteiger partial charge in [0.2, 0.25) is 0 Å². The summed E-state index contributed by atoms with van der Waals surface area (Å²) in [5.41, 5.74) is 18.5. The van der Waals surface area contributed by atoms with Crippen molar-refractivity contribution in [3.8, 4) is 28.6 Å². The van der Waals surface area contributed by atoms with Crippen LogP contribution in [0.25, 0.3) is 82.5 Å². The van der Waals surface area contributed by atoms with Gasteiger partial charge in [-0.3, -0.25) is 0 Å². The molecule has 0 radical (unpaired) electrons. The van der Waals surface area contributed by atoms with Crippen molar-refractivity contribution in [3.63, 3.8) is 0 Å². The number of rotatable bonds is 7. The Hall–Kier alpha value is -7.76. The van der Waals surface area contributed by atoms with Gasteiger partial charge in [0.25, 0.3) is 6.71 Å². The summed E-state index contributed by atoms with van der Waals surface area (Å²) >= 11 is 0. The molecule has 1 aliphatic heterocycles. The first-order valence-electron chi connectivity index (χ1n) is 24.4. The third kappa shape index (κ3) is 6.01. The van der Waals surface area contributed by atoms with Gasteiger partial charge in [0, 0.05) is 61.5 Å². The smallest absolute Gasteiger partial charge is 0.251 e. The topological polar surface area (TPSA) is 24.0 Å². The van der Waals surface area contributed by atoms with Crippen LogP contribution in [0.15, 0.2) is 188 Å². The predicted octanol–water partition coefficient (Wildman–Crippen LogP) is 15.0. The van der Waals surface area contributed by atoms with E-state index in [2.05, 4.69) is 243 Å². The maximum Gasteiger partial charge on any atom is 0.251 e. The van der Waals surface area contributed by atoms with Gasteiger partial charge >= 0.3 is 0 Å². The normalized spacial score (nSPS) is 12.8. The van der Waals surface area contributed by atoms with E-state index >= 15 is 0 Å². The highest BCUT2D eigenvalue weighted by Crippen LogP contribution is 2.40. The average molecular weight is 878 g/mol. The van der Waals surface area contributed by atoms with Crippen molar-refractivity contribution in [2.24, 2.45) is 0 Å². The second-order valence-electron chi connectivity index (χ2n) is 19.8. The van der Waals surface area contributed by atoms with Crippen molar-refractivity contribution in [2.75, 3.05) is 0 Å². The lowest BCUT2D eigenvalue weighted by molar-refractivity contribution is 0.487. The van der Waals surface area contributed by atoms with Crippen molar-refractivity contribution in [1.29, 1.82) is 0 Å². The molecule has 0 fully saturated rings. The molecule has 68 heavy (non-hydrogen) atoms. The van der Waals surface area contributed by atoms with Gasteiger partial charge in [-0.15, -0.1) is 0 Å². The summed E-state index contributed by atoms with van der Waals surface area (Å²) in [5.74, 6) is 2.88. The van der Waals surface area contributed by atoms with Gasteiger partial charge in [0.1, 0.15) is 11.5 Å². The second kappa shape index (κ2) is 15.4. The Balaban J connectivity index is 1.03. The van der Waals surface area contributed by atoms with Crippen molar-refractivity contribution >= 4 is 88.5 Å². The van der Waals surface area contributed by atoms with E-state index in [0.717, 1.165) is 39.6 Å². The number of aromatic nitrogens is 3. The first kappa shape index (κ1) is 40.5. The molecule has 0 aliphatic carbocycles. The molecule has 0 bridgehead atoms. The molecule has 9 aromatic carbocycles. The lowest BCUT2D eigenvalue weighted by atomic mass is 9.34. The van der Waals surface area contributed by atoms with Crippen LogP contribution < -0.4 is 21.1 Å². The zero-order chi connectivity index (χ0) is 45.9. The van der Waals surface area contributed by atoms with E-state index in [4.69, 9.17) is 4.74 Å². The Bertz CT molecular complexity index is 3870. The van der Waals surface area contributed by atoms with Gasteiger partial charge in [-0.1, -0.05) is 162 Å². The van der Waals surface area contributed by atoms with Crippen LogP contribution >= 0.6 is 0 Å². The molecule has 4 nitrogen and oxygen atoms in total. The van der Waals surface area contributed by atoms with Gasteiger partial charge in [-0.05, 0) is 106 Å². The molecule has 0 saturated carbocycles. The Labute approximate surface area is 397 Å². The summed E-state index contributed by atoms with van der Waals surface area (Å²) in [7, 11) is 0. The van der Waals surface area contributed by atoms with Crippen LogP contribution in [0, 0.1) is 0 Å². The Morgan fingerprint density at radius 3 is 1.06 bits per heavy atom. The molecule has 0 spiro atoms. The fourth-order valence-electron chi connectivity index (χ4n) is 11.7. The lowest BCUT2D eigenvalue weighted by Gasteiger charge is -2.32. The molecule has 0 atom stereocenters. The molecule has 328 valence electrons. The minimum atomic E-state index is -0.0297. The summed E-state index contributed by atoms with van der Waals surface area (Å²) in [6.45, 7) is 14.0. The van der Waals surface area contributed by atoms with Crippen LogP contribution in [-0.4, -0.2) is 20.4 Å². The number of nitrogens with zero attached hydrogens (tertiary/aromatic N) is 3. The van der Waals surface area contributed by atoms with E-state index in [1.54, 1.807) is 0 Å². The molecule has 4 heterocycles. The zero-order valence-electron chi connectivity index (χ0n) is 39.5. The maximum absolute atomic E-state index is 7.34. The number of para-hydroxylation sites is 5. The fourth-order valence-corrected chi connectivity index (χ4v) is 11.7. The number of fused-ring (bicyclic) bond motifs is 11. The monoisotopic (exact) mass is 877 g/mol. The zero-order valence-corrected chi connectivity index (χ0v) is 39.5. The van der Waals surface area contributed by atoms with Crippen LogP contribution in [0.3, 0.4) is 0 Å². The van der Waals surface area contributed by atoms with Crippen molar-refractivity contribution in [2.45, 2.75) is 59.3 Å². The minimum absolute atomic E-state index is 0.0297. The molecule has 1 aliphatic rings. The third-order valence-corrected chi connectivity index (χ3v) is 14.9. The molecule has 5 heteroatoms. The van der Waals surface area contributed by atoms with Gasteiger partial charge in [0.05, 0.1) is 33.1 Å². The highest BCUT2D eigenvalue weighted by molar-refractivity contribution is 6.97. The summed E-state index contributed by atoms with van der Waals surface area (Å²) in [6.07, 6.45) is 0. The molecule has 13 rings (SSSR count). The van der Waals surface area contributed by atoms with Crippen molar-refractivity contribution in [3.05, 3.63) is 205 Å². The Kier molecular flexibility index (Phi) is 9.17. The van der Waals surface area contributed by atoms with Gasteiger partial charge in [-0.25, -0.2) is 0 Å². The minimum Gasteiger partial charge on any atom is -0.458 e. The van der Waals surface area contributed by atoms with Crippen LogP contribution in [0.5, 0.6) is 11.5 Å². The van der Waals surface area contributed by atoms with Crippen LogP contribution in [-0.2, 0) is 0 Å². The van der Waals surface area contributed by atoms with Gasteiger partial charge in [-0.2, -0.15) is 0 Å². The molecule has 0 unspecified atom stereocenters. The van der Waals surface area contributed by atoms with Crippen LogP contribution in [0.1, 0.15) is 76.0 Å². The van der Waals surface area contributed by atoms with E-state index in [-0.39, 0.29) is 6.71 Å². The number of hydrogen-bond donors (Lipinski definition) is 0. The average Bonchev–Trinajstić information content (AvgIpc) is 4.00. The maximum atomic E-state index is 7.34. The Morgan fingerprint density at radius 1 is 0.338 bits per heavy atom. The Morgan fingerprint density at radius 2 is 0.676 bits per heavy atom. The van der Waals surface area contributed by atoms with Crippen LogP contribution in [0.4, 0.5) is 0 Å². The highest BCUT2D eigenvalue weighted by Gasteiger charge is 2.37. The number of hydrogen-bond acceptors (Lipinski definition) is 1. The van der Waals surface area contributed by atoms with E-state index in [9.17, 15) is 0 Å². The molecule has 3 aromatic heterocycles. The van der Waals surface area contributed by atoms with Crippen molar-refractivity contribution < 1.29 is 4.74 Å². The SMILES string of the molecule is CC(C)c1cc(C(C)C)c(B2c3ccc(-n4c5ccccc5c5ccccc54)cc3Oc3cc(-n4c5ccccc5c5cc(-n6c7ccccc7c7ccccc76)ccc54)ccc32)c(C(C)C)c1. The largest absolute Gasteiger partial charge is 0.458 e. The van der Waals surface area contributed by atoms with E-state index in [1.165, 1.54) is 87.5 Å². The summed E-state index contributed by atoms with van der Waals surface area (Å²) in [5, 5.41) is 7.45. The molecular formula is C63H52BN3O. The fraction of sp³-hybridized carbons (Fsp3) is 0.143. The number of benzene rings is 9. The summed E-state index contributed by atoms with van der Waals surface area (Å²) in [4.78, 5) is 0. The first-order valence-corrected chi connectivity index (χ1v) is 24.4.